The SMILES string of the molecule is C=CCOC12Oc3ccc(O)cc3C3C(CCCCO)C(CCCCO)C=C(C(=NOCc4ccc([N+](=O)[O-])cc4)CC1N(CCC)C(=O)Oc1ccc([N+](=O)[O-])cc1)C32. The summed E-state index contributed by atoms with van der Waals surface area (Å²) in [6, 6.07) is 15.2. The molecule has 6 rings (SSSR count). The van der Waals surface area contributed by atoms with Crippen LogP contribution in [0.25, 0.3) is 0 Å². The summed E-state index contributed by atoms with van der Waals surface area (Å²) in [5, 5.41) is 58.0. The van der Waals surface area contributed by atoms with Gasteiger partial charge < -0.3 is 34.4 Å². The number of oxime groups is 1. The number of nitro benzene ring substituents is 2. The molecule has 0 bridgehead atoms. The third-order valence-electron chi connectivity index (χ3n) is 11.5. The standard InChI is InChI=1S/C44H52N4O12/c1-3-21-46(43(52)59-34-18-15-32(16-19-34)48(55)56)40-27-38(45-58-28-29-11-13-31(14-12-29)47(53)54)36-25-30(9-5-7-22-49)35(10-6-8-23-50)41-37-26-33(51)17-20-39(37)60-44(40,42(36)41)57-24-4-2/h4,11-20,25-26,30,35,40-42,49-51H,2-3,5-10,21-24,27-28H2,1H3. The normalized spacial score (nSPS) is 23.4. The summed E-state index contributed by atoms with van der Waals surface area (Å²) < 4.78 is 19.9. The number of aliphatic hydroxyl groups is 2. The van der Waals surface area contributed by atoms with E-state index in [9.17, 15) is 40.3 Å². The van der Waals surface area contributed by atoms with Gasteiger partial charge in [-0.1, -0.05) is 37.1 Å². The van der Waals surface area contributed by atoms with Crippen LogP contribution in [0.15, 0.2) is 96.2 Å². The highest BCUT2D eigenvalue weighted by atomic mass is 16.7. The molecule has 2 aliphatic carbocycles. The highest BCUT2D eigenvalue weighted by molar-refractivity contribution is 6.03. The second kappa shape index (κ2) is 19.9. The van der Waals surface area contributed by atoms with Crippen LogP contribution in [0.4, 0.5) is 16.2 Å². The van der Waals surface area contributed by atoms with Crippen molar-refractivity contribution in [3.63, 3.8) is 0 Å². The average Bonchev–Trinajstić information content (AvgIpc) is 3.24. The largest absolute Gasteiger partial charge is 0.508 e. The van der Waals surface area contributed by atoms with E-state index in [-0.39, 0.29) is 80.0 Å². The minimum atomic E-state index is -1.57. The van der Waals surface area contributed by atoms with Crippen molar-refractivity contribution >= 4 is 23.2 Å². The number of carbonyl (C=O) groups excluding carboxylic acids is 1. The van der Waals surface area contributed by atoms with Gasteiger partial charge in [0.25, 0.3) is 11.4 Å². The zero-order valence-corrected chi connectivity index (χ0v) is 33.6. The van der Waals surface area contributed by atoms with Gasteiger partial charge in [0.05, 0.1) is 28.1 Å². The molecule has 3 aromatic rings. The van der Waals surface area contributed by atoms with E-state index in [1.165, 1.54) is 36.4 Å². The molecule has 320 valence electrons. The lowest BCUT2D eigenvalue weighted by atomic mass is 9.55. The predicted octanol–water partition coefficient (Wildman–Crippen LogP) is 7.95. The Labute approximate surface area is 348 Å². The van der Waals surface area contributed by atoms with Crippen LogP contribution in [-0.4, -0.2) is 80.1 Å². The van der Waals surface area contributed by atoms with Crippen LogP contribution in [0, 0.1) is 38.0 Å². The van der Waals surface area contributed by atoms with E-state index in [1.54, 1.807) is 41.3 Å². The Balaban J connectivity index is 1.53. The number of phenols is 1. The van der Waals surface area contributed by atoms with Crippen molar-refractivity contribution in [2.75, 3.05) is 26.4 Å². The van der Waals surface area contributed by atoms with Crippen molar-refractivity contribution in [2.45, 2.75) is 82.6 Å². The van der Waals surface area contributed by atoms with Crippen LogP contribution in [0.1, 0.15) is 75.3 Å². The second-order valence-electron chi connectivity index (χ2n) is 15.3. The van der Waals surface area contributed by atoms with Crippen molar-refractivity contribution in [1.82, 2.24) is 4.90 Å². The van der Waals surface area contributed by atoms with Gasteiger partial charge in [-0.25, -0.2) is 4.79 Å². The number of unbranched alkanes of at least 4 members (excludes halogenated alkanes) is 2. The minimum Gasteiger partial charge on any atom is -0.508 e. The van der Waals surface area contributed by atoms with Gasteiger partial charge in [-0.05, 0) is 97.5 Å². The Kier molecular flexibility index (Phi) is 14.5. The molecular formula is C44H52N4O12. The molecule has 60 heavy (non-hydrogen) atoms. The first-order valence-corrected chi connectivity index (χ1v) is 20.4. The first-order chi connectivity index (χ1) is 29.0. The predicted molar refractivity (Wildman–Crippen MR) is 221 cm³/mol. The molecule has 1 aliphatic heterocycles. The van der Waals surface area contributed by atoms with Gasteiger partial charge in [0.15, 0.2) is 0 Å². The summed E-state index contributed by atoms with van der Waals surface area (Å²) in [5.74, 6) is -2.04. The molecule has 6 unspecified atom stereocenters. The van der Waals surface area contributed by atoms with E-state index >= 15 is 0 Å². The molecule has 0 spiro atoms. The number of hydrogen-bond donors (Lipinski definition) is 3. The summed E-state index contributed by atoms with van der Waals surface area (Å²) in [5.41, 5.74) is 2.48. The van der Waals surface area contributed by atoms with E-state index in [0.29, 0.717) is 49.1 Å². The number of aliphatic hydroxyl groups excluding tert-OH is 2. The zero-order valence-electron chi connectivity index (χ0n) is 33.6. The van der Waals surface area contributed by atoms with Crippen molar-refractivity contribution < 1.29 is 49.0 Å². The average molecular weight is 829 g/mol. The Morgan fingerprint density at radius 1 is 0.983 bits per heavy atom. The molecule has 16 nitrogen and oxygen atoms in total. The molecule has 3 N–H and O–H groups in total. The molecule has 6 atom stereocenters. The molecule has 1 fully saturated rings. The Morgan fingerprint density at radius 2 is 1.65 bits per heavy atom. The van der Waals surface area contributed by atoms with Crippen molar-refractivity contribution in [1.29, 1.82) is 0 Å². The number of amides is 1. The molecular weight excluding hydrogens is 776 g/mol. The number of phenolic OH excluding ortho intramolecular Hbond substituents is 1. The van der Waals surface area contributed by atoms with Crippen LogP contribution in [0.3, 0.4) is 0 Å². The maximum atomic E-state index is 14.5. The first kappa shape index (κ1) is 43.7. The molecule has 1 heterocycles. The lowest BCUT2D eigenvalue weighted by Gasteiger charge is -2.59. The van der Waals surface area contributed by atoms with Crippen molar-refractivity contribution in [3.8, 4) is 17.2 Å². The first-order valence-electron chi connectivity index (χ1n) is 20.4. The third-order valence-corrected chi connectivity index (χ3v) is 11.5. The molecule has 0 saturated heterocycles. The van der Waals surface area contributed by atoms with E-state index in [0.717, 1.165) is 24.0 Å². The maximum absolute atomic E-state index is 14.5. The van der Waals surface area contributed by atoms with E-state index in [1.807, 2.05) is 6.92 Å². The van der Waals surface area contributed by atoms with Gasteiger partial charge in [-0.2, -0.15) is 0 Å². The number of allylic oxidation sites excluding steroid dienone is 1. The smallest absolute Gasteiger partial charge is 0.415 e. The number of rotatable bonds is 20. The van der Waals surface area contributed by atoms with Crippen LogP contribution >= 0.6 is 0 Å². The van der Waals surface area contributed by atoms with Crippen LogP contribution in [-0.2, 0) is 16.2 Å². The van der Waals surface area contributed by atoms with Crippen molar-refractivity contribution in [3.05, 3.63) is 122 Å². The summed E-state index contributed by atoms with van der Waals surface area (Å²) >= 11 is 0. The molecule has 0 radical (unpaired) electrons. The number of benzene rings is 3. The van der Waals surface area contributed by atoms with E-state index < -0.39 is 33.7 Å². The van der Waals surface area contributed by atoms with Crippen LogP contribution in [0.2, 0.25) is 0 Å². The molecule has 3 aliphatic rings. The fourth-order valence-electron chi connectivity index (χ4n) is 8.97. The highest BCUT2D eigenvalue weighted by Crippen LogP contribution is 2.62. The highest BCUT2D eigenvalue weighted by Gasteiger charge is 2.65. The van der Waals surface area contributed by atoms with Gasteiger partial charge in [0.1, 0.15) is 29.9 Å². The fraction of sp³-hybridized carbons (Fsp3) is 0.455. The van der Waals surface area contributed by atoms with Gasteiger partial charge in [-0.3, -0.25) is 25.1 Å². The molecule has 3 aromatic carbocycles. The number of fused-ring (bicyclic) bond motifs is 2. The second-order valence-corrected chi connectivity index (χ2v) is 15.3. The zero-order chi connectivity index (χ0) is 42.8. The molecule has 1 saturated carbocycles. The fourth-order valence-corrected chi connectivity index (χ4v) is 8.97. The molecule has 1 amide bonds. The van der Waals surface area contributed by atoms with Gasteiger partial charge in [-0.15, -0.1) is 6.58 Å². The van der Waals surface area contributed by atoms with Gasteiger partial charge in [0.2, 0.25) is 5.79 Å². The number of aromatic hydroxyl groups is 1. The number of nitro groups is 2. The number of carbonyl (C=O) groups is 1. The van der Waals surface area contributed by atoms with Gasteiger partial charge >= 0.3 is 6.09 Å². The summed E-state index contributed by atoms with van der Waals surface area (Å²) in [4.78, 5) is 43.7. The number of non-ortho nitro benzene ring substituents is 2. The van der Waals surface area contributed by atoms with E-state index in [2.05, 4.69) is 12.7 Å². The summed E-state index contributed by atoms with van der Waals surface area (Å²) in [6.45, 7) is 6.14. The lowest BCUT2D eigenvalue weighted by Crippen LogP contribution is -2.70. The Bertz CT molecular complexity index is 2060. The maximum Gasteiger partial charge on any atom is 0.415 e. The molecule has 16 heteroatoms. The summed E-state index contributed by atoms with van der Waals surface area (Å²) in [7, 11) is 0. The van der Waals surface area contributed by atoms with E-state index in [4.69, 9.17) is 24.2 Å². The third kappa shape index (κ3) is 9.46. The Hall–Kier alpha value is -5.84. The minimum absolute atomic E-state index is 0.0105. The lowest BCUT2D eigenvalue weighted by molar-refractivity contribution is -0.385. The number of ether oxygens (including phenoxy) is 3. The summed E-state index contributed by atoms with van der Waals surface area (Å²) in [6.07, 6.45) is 7.71. The number of hydrogen-bond acceptors (Lipinski definition) is 13. The van der Waals surface area contributed by atoms with Crippen molar-refractivity contribution in [2.24, 2.45) is 22.9 Å². The number of nitrogens with zero attached hydrogens (tertiary/aromatic N) is 4. The van der Waals surface area contributed by atoms with Gasteiger partial charge in [0, 0.05) is 61.9 Å². The van der Waals surface area contributed by atoms with Crippen LogP contribution < -0.4 is 9.47 Å². The molecule has 0 aromatic heterocycles. The Morgan fingerprint density at radius 3 is 2.28 bits per heavy atom. The monoisotopic (exact) mass is 828 g/mol. The quantitative estimate of drug-likeness (QED) is 0.0428. The van der Waals surface area contributed by atoms with Crippen LogP contribution in [0.5, 0.6) is 17.2 Å². The topological polar surface area (TPSA) is 217 Å².